The molecule has 0 atom stereocenters. The highest BCUT2D eigenvalue weighted by molar-refractivity contribution is 5.96. The van der Waals surface area contributed by atoms with Gasteiger partial charge in [-0.3, -0.25) is 14.3 Å². The molecule has 1 saturated carbocycles. The van der Waals surface area contributed by atoms with E-state index in [0.29, 0.717) is 31.8 Å². The van der Waals surface area contributed by atoms with E-state index in [1.54, 1.807) is 10.9 Å². The van der Waals surface area contributed by atoms with Gasteiger partial charge in [0.2, 0.25) is 5.91 Å². The van der Waals surface area contributed by atoms with Crippen molar-refractivity contribution in [1.82, 2.24) is 20.0 Å². The zero-order chi connectivity index (χ0) is 18.9. The minimum atomic E-state index is -0.707. The third-order valence-corrected chi connectivity index (χ3v) is 5.87. The monoisotopic (exact) mass is 366 g/mol. The van der Waals surface area contributed by atoms with Gasteiger partial charge >= 0.3 is 0 Å². The summed E-state index contributed by atoms with van der Waals surface area (Å²) in [5.74, 6) is 0.702. The molecular formula is C21H26N4O2. The van der Waals surface area contributed by atoms with Crippen molar-refractivity contribution in [2.45, 2.75) is 38.1 Å². The maximum atomic E-state index is 13.1. The average Bonchev–Trinajstić information content (AvgIpc) is 3.36. The lowest BCUT2D eigenvalue weighted by Gasteiger charge is -2.40. The van der Waals surface area contributed by atoms with Crippen molar-refractivity contribution in [3.8, 4) is 0 Å². The normalized spacial score (nSPS) is 18.9. The van der Waals surface area contributed by atoms with E-state index >= 15 is 0 Å². The first kappa shape index (κ1) is 17.8. The number of likely N-dealkylation sites (tertiary alicyclic amines) is 1. The van der Waals surface area contributed by atoms with Crippen LogP contribution in [0.2, 0.25) is 0 Å². The van der Waals surface area contributed by atoms with Crippen LogP contribution in [0.3, 0.4) is 0 Å². The molecule has 1 aliphatic carbocycles. The predicted octanol–water partition coefficient (Wildman–Crippen LogP) is 2.35. The number of hydrogen-bond donors (Lipinski definition) is 1. The van der Waals surface area contributed by atoms with Gasteiger partial charge in [0.05, 0.1) is 0 Å². The van der Waals surface area contributed by atoms with E-state index < -0.39 is 5.54 Å². The van der Waals surface area contributed by atoms with E-state index in [2.05, 4.69) is 10.4 Å². The quantitative estimate of drug-likeness (QED) is 0.883. The minimum Gasteiger partial charge on any atom is -0.354 e. The Labute approximate surface area is 159 Å². The second-order valence-corrected chi connectivity index (χ2v) is 7.74. The van der Waals surface area contributed by atoms with Gasteiger partial charge in [0.15, 0.2) is 0 Å². The second-order valence-electron chi connectivity index (χ2n) is 7.74. The van der Waals surface area contributed by atoms with Gasteiger partial charge in [0, 0.05) is 37.6 Å². The topological polar surface area (TPSA) is 67.2 Å². The maximum Gasteiger partial charge on any atom is 0.254 e. The zero-order valence-corrected chi connectivity index (χ0v) is 15.7. The number of carbonyl (C=O) groups excluding carboxylic acids is 2. The number of aromatic nitrogens is 2. The van der Waals surface area contributed by atoms with Crippen molar-refractivity contribution in [3.05, 3.63) is 53.9 Å². The highest BCUT2D eigenvalue weighted by Crippen LogP contribution is 2.32. The lowest BCUT2D eigenvalue weighted by molar-refractivity contribution is -0.133. The summed E-state index contributed by atoms with van der Waals surface area (Å²) < 4.78 is 1.78. The molecule has 1 aliphatic heterocycles. The Bertz CT molecular complexity index is 818. The minimum absolute atomic E-state index is 0.0288. The van der Waals surface area contributed by atoms with Crippen LogP contribution >= 0.6 is 0 Å². The third-order valence-electron chi connectivity index (χ3n) is 5.87. The zero-order valence-electron chi connectivity index (χ0n) is 15.7. The molecule has 27 heavy (non-hydrogen) atoms. The van der Waals surface area contributed by atoms with Crippen LogP contribution < -0.4 is 5.32 Å². The summed E-state index contributed by atoms with van der Waals surface area (Å²) in [7, 11) is 0. The van der Waals surface area contributed by atoms with E-state index in [1.807, 2.05) is 48.4 Å². The summed E-state index contributed by atoms with van der Waals surface area (Å²) in [5, 5.41) is 7.50. The summed E-state index contributed by atoms with van der Waals surface area (Å²) in [5.41, 5.74) is 1.01. The van der Waals surface area contributed by atoms with Crippen molar-refractivity contribution in [3.63, 3.8) is 0 Å². The fraction of sp³-hybridized carbons (Fsp3) is 0.476. The van der Waals surface area contributed by atoms with E-state index in [-0.39, 0.29) is 11.8 Å². The number of aryl methyl sites for hydroxylation is 1. The van der Waals surface area contributed by atoms with Crippen LogP contribution in [-0.2, 0) is 10.3 Å². The Hall–Kier alpha value is -2.63. The van der Waals surface area contributed by atoms with Crippen LogP contribution in [0.25, 0.3) is 0 Å². The van der Waals surface area contributed by atoms with E-state index in [1.165, 1.54) is 12.8 Å². The molecule has 0 unspecified atom stereocenters. The molecule has 2 amide bonds. The van der Waals surface area contributed by atoms with Crippen LogP contribution in [0.5, 0.6) is 0 Å². The van der Waals surface area contributed by atoms with Crippen LogP contribution in [0, 0.1) is 12.8 Å². The van der Waals surface area contributed by atoms with Crippen LogP contribution in [-0.4, -0.2) is 46.1 Å². The van der Waals surface area contributed by atoms with Gasteiger partial charge in [-0.25, -0.2) is 0 Å². The fourth-order valence-electron chi connectivity index (χ4n) is 3.87. The van der Waals surface area contributed by atoms with Crippen LogP contribution in [0.1, 0.15) is 41.6 Å². The number of amides is 2. The Morgan fingerprint density at radius 2 is 1.93 bits per heavy atom. The Morgan fingerprint density at radius 3 is 2.56 bits per heavy atom. The van der Waals surface area contributed by atoms with Crippen molar-refractivity contribution in [2.75, 3.05) is 19.6 Å². The predicted molar refractivity (Wildman–Crippen MR) is 102 cm³/mol. The molecule has 0 spiro atoms. The standard InChI is InChI=1S/C21H26N4O2/c1-16-5-2-3-6-18(16)19(26)24-13-9-21(10-14-24,25-12-4-11-23-25)20(27)22-15-17-7-8-17/h2-6,11-12,17H,7-10,13-15H2,1H3,(H,22,27). The van der Waals surface area contributed by atoms with E-state index in [4.69, 9.17) is 0 Å². The fourth-order valence-corrected chi connectivity index (χ4v) is 3.87. The number of hydrogen-bond acceptors (Lipinski definition) is 3. The Kier molecular flexibility index (Phi) is 4.72. The molecular weight excluding hydrogens is 340 g/mol. The summed E-state index contributed by atoms with van der Waals surface area (Å²) >= 11 is 0. The maximum absolute atomic E-state index is 13.1. The summed E-state index contributed by atoms with van der Waals surface area (Å²) in [6.07, 6.45) is 7.11. The molecule has 2 heterocycles. The molecule has 142 valence electrons. The number of carbonyl (C=O) groups is 2. The number of benzene rings is 1. The summed E-state index contributed by atoms with van der Waals surface area (Å²) in [6, 6.07) is 9.51. The molecule has 1 saturated heterocycles. The van der Waals surface area contributed by atoms with Gasteiger partial charge in [-0.15, -0.1) is 0 Å². The van der Waals surface area contributed by atoms with Gasteiger partial charge in [-0.1, -0.05) is 18.2 Å². The van der Waals surface area contributed by atoms with Crippen molar-refractivity contribution in [2.24, 2.45) is 5.92 Å². The molecule has 1 aromatic carbocycles. The molecule has 1 N–H and O–H groups in total. The molecule has 2 fully saturated rings. The highest BCUT2D eigenvalue weighted by Gasteiger charge is 2.45. The summed E-state index contributed by atoms with van der Waals surface area (Å²) in [6.45, 7) is 3.79. The lowest BCUT2D eigenvalue weighted by atomic mass is 9.86. The summed E-state index contributed by atoms with van der Waals surface area (Å²) in [4.78, 5) is 27.8. The highest BCUT2D eigenvalue weighted by atomic mass is 16.2. The van der Waals surface area contributed by atoms with Crippen LogP contribution in [0.15, 0.2) is 42.7 Å². The number of nitrogens with zero attached hydrogens (tertiary/aromatic N) is 3. The van der Waals surface area contributed by atoms with Gasteiger partial charge in [0.1, 0.15) is 5.54 Å². The number of nitrogens with one attached hydrogen (secondary N) is 1. The lowest BCUT2D eigenvalue weighted by Crippen LogP contribution is -2.56. The molecule has 0 bridgehead atoms. The van der Waals surface area contributed by atoms with Crippen molar-refractivity contribution in [1.29, 1.82) is 0 Å². The molecule has 0 radical (unpaired) electrons. The molecule has 4 rings (SSSR count). The van der Waals surface area contributed by atoms with Gasteiger partial charge in [0.25, 0.3) is 5.91 Å². The Morgan fingerprint density at radius 1 is 1.19 bits per heavy atom. The number of piperidine rings is 1. The van der Waals surface area contributed by atoms with E-state index in [9.17, 15) is 9.59 Å². The van der Waals surface area contributed by atoms with Crippen LogP contribution in [0.4, 0.5) is 0 Å². The average molecular weight is 366 g/mol. The molecule has 6 nitrogen and oxygen atoms in total. The van der Waals surface area contributed by atoms with Crippen molar-refractivity contribution < 1.29 is 9.59 Å². The first-order chi connectivity index (χ1) is 13.1. The van der Waals surface area contributed by atoms with Crippen molar-refractivity contribution >= 4 is 11.8 Å². The molecule has 1 aromatic heterocycles. The van der Waals surface area contributed by atoms with Gasteiger partial charge < -0.3 is 10.2 Å². The van der Waals surface area contributed by atoms with Gasteiger partial charge in [-0.05, 0) is 56.2 Å². The third kappa shape index (κ3) is 3.48. The first-order valence-electron chi connectivity index (χ1n) is 9.73. The molecule has 2 aliphatic rings. The SMILES string of the molecule is Cc1ccccc1C(=O)N1CCC(C(=O)NCC2CC2)(n2cccn2)CC1. The van der Waals surface area contributed by atoms with E-state index in [0.717, 1.165) is 17.7 Å². The largest absolute Gasteiger partial charge is 0.354 e. The first-order valence-corrected chi connectivity index (χ1v) is 9.73. The second kappa shape index (κ2) is 7.18. The molecule has 2 aromatic rings. The smallest absolute Gasteiger partial charge is 0.254 e. The number of rotatable bonds is 5. The molecule has 6 heteroatoms. The van der Waals surface area contributed by atoms with Gasteiger partial charge in [-0.2, -0.15) is 5.10 Å². The Balaban J connectivity index is 1.50.